The van der Waals surface area contributed by atoms with Gasteiger partial charge in [0.2, 0.25) is 0 Å². The highest BCUT2D eigenvalue weighted by Gasteiger charge is 2.70. The van der Waals surface area contributed by atoms with E-state index >= 15 is 0 Å². The van der Waals surface area contributed by atoms with E-state index in [2.05, 4.69) is 27.7 Å². The average Bonchev–Trinajstić information content (AvgIpc) is 2.69. The number of rotatable bonds is 3. The summed E-state index contributed by atoms with van der Waals surface area (Å²) >= 11 is 0. The van der Waals surface area contributed by atoms with Crippen LogP contribution >= 0.6 is 0 Å². The van der Waals surface area contributed by atoms with Crippen molar-refractivity contribution in [2.45, 2.75) is 106 Å². The van der Waals surface area contributed by atoms with E-state index in [1.807, 2.05) is 6.92 Å². The van der Waals surface area contributed by atoms with E-state index in [9.17, 15) is 19.5 Å². The topological polar surface area (TPSA) is 80.7 Å². The highest BCUT2D eigenvalue weighted by molar-refractivity contribution is 5.83. The number of carbonyl (C=O) groups excluding carboxylic acids is 3. The molecule has 0 aromatic heterocycles. The van der Waals surface area contributed by atoms with E-state index in [1.165, 1.54) is 33.1 Å². The molecule has 10 atom stereocenters. The maximum atomic E-state index is 12.7. The number of ketones is 1. The fraction of sp³-hybridized carbons (Fsp3) is 0.893. The van der Waals surface area contributed by atoms with Crippen LogP contribution in [-0.4, -0.2) is 35.4 Å². The Morgan fingerprint density at radius 3 is 2.12 bits per heavy atom. The van der Waals surface area contributed by atoms with Gasteiger partial charge in [-0.05, 0) is 79.4 Å². The van der Waals surface area contributed by atoms with Gasteiger partial charge in [0.1, 0.15) is 18.2 Å². The van der Waals surface area contributed by atoms with E-state index in [0.29, 0.717) is 24.7 Å². The summed E-state index contributed by atoms with van der Waals surface area (Å²) < 4.78 is 5.72. The van der Waals surface area contributed by atoms with Crippen molar-refractivity contribution in [1.29, 1.82) is 0 Å². The van der Waals surface area contributed by atoms with Crippen LogP contribution in [0.4, 0.5) is 0 Å². The van der Waals surface area contributed by atoms with Crippen LogP contribution in [-0.2, 0) is 19.1 Å². The predicted molar refractivity (Wildman–Crippen MR) is 126 cm³/mol. The fourth-order valence-corrected chi connectivity index (χ4v) is 10.1. The highest BCUT2D eigenvalue weighted by atomic mass is 16.5. The molecule has 186 valence electrons. The number of ether oxygens (including phenoxy) is 1. The molecule has 0 radical (unpaired) electrons. The third-order valence-corrected chi connectivity index (χ3v) is 11.5. The number of fused-ring (bicyclic) bond motifs is 5. The summed E-state index contributed by atoms with van der Waals surface area (Å²) in [7, 11) is 0. The molecule has 4 rings (SSSR count). The minimum absolute atomic E-state index is 0.0108. The van der Waals surface area contributed by atoms with Crippen molar-refractivity contribution in [1.82, 2.24) is 0 Å². The average molecular weight is 461 g/mol. The Labute approximate surface area is 199 Å². The van der Waals surface area contributed by atoms with Crippen LogP contribution in [0.1, 0.15) is 93.4 Å². The summed E-state index contributed by atoms with van der Waals surface area (Å²) in [6.07, 6.45) is 6.68. The number of hydrogen-bond donors (Lipinski definition) is 1. The zero-order valence-electron chi connectivity index (χ0n) is 21.6. The maximum Gasteiger partial charge on any atom is 0.302 e. The zero-order chi connectivity index (χ0) is 24.6. The summed E-state index contributed by atoms with van der Waals surface area (Å²) in [4.78, 5) is 37.3. The molecule has 0 spiro atoms. The van der Waals surface area contributed by atoms with Crippen molar-refractivity contribution < 1.29 is 24.2 Å². The summed E-state index contributed by atoms with van der Waals surface area (Å²) in [5.41, 5.74) is -0.346. The first-order valence-electron chi connectivity index (χ1n) is 13.0. The van der Waals surface area contributed by atoms with Crippen molar-refractivity contribution in [3.05, 3.63) is 0 Å². The van der Waals surface area contributed by atoms with Gasteiger partial charge in [0, 0.05) is 18.3 Å². The van der Waals surface area contributed by atoms with Crippen molar-refractivity contribution in [2.75, 3.05) is 0 Å². The molecule has 0 aromatic rings. The van der Waals surface area contributed by atoms with E-state index in [0.717, 1.165) is 19.1 Å². The monoisotopic (exact) mass is 460 g/mol. The smallest absolute Gasteiger partial charge is 0.302 e. The Morgan fingerprint density at radius 1 is 0.909 bits per heavy atom. The molecule has 33 heavy (non-hydrogen) atoms. The summed E-state index contributed by atoms with van der Waals surface area (Å²) in [6.45, 7) is 14.5. The van der Waals surface area contributed by atoms with Crippen LogP contribution in [0.25, 0.3) is 0 Å². The maximum absolute atomic E-state index is 12.7. The number of Topliss-reactive ketones (excluding diaryl/α,β-unsaturated/α-hetero) is 1. The van der Waals surface area contributed by atoms with E-state index < -0.39 is 35.4 Å². The lowest BCUT2D eigenvalue weighted by Gasteiger charge is -2.71. The van der Waals surface area contributed by atoms with Crippen LogP contribution in [0.2, 0.25) is 0 Å². The molecule has 0 bridgehead atoms. The van der Waals surface area contributed by atoms with Crippen LogP contribution in [0.15, 0.2) is 0 Å². The second kappa shape index (κ2) is 7.90. The Balaban J connectivity index is 1.82. The summed E-state index contributed by atoms with van der Waals surface area (Å²) in [5.74, 6) is -0.924. The molecule has 0 aliphatic heterocycles. The minimum atomic E-state index is -0.701. The standard InChI is InChI=1S/C28H44O5/c1-16(30)24-18(15-29)28(7)22(13-19(24)33-17(2)31)27(6)12-9-20-25(3,4)10-8-11-26(20,5)21(27)14-23(28)32/h15,18-24,32H,8-14H2,1-7H3/t18?,19-,20?,21?,22?,23+,24+,26+,27-,28-/m1/s1. The molecule has 1 N–H and O–H groups in total. The number of hydrogen-bond acceptors (Lipinski definition) is 5. The largest absolute Gasteiger partial charge is 0.462 e. The second-order valence-electron chi connectivity index (χ2n) is 13.3. The van der Waals surface area contributed by atoms with E-state index in [-0.39, 0.29) is 27.9 Å². The highest BCUT2D eigenvalue weighted by Crippen LogP contribution is 2.73. The molecule has 4 unspecified atom stereocenters. The van der Waals surface area contributed by atoms with Crippen LogP contribution in [0.5, 0.6) is 0 Å². The van der Waals surface area contributed by atoms with Gasteiger partial charge >= 0.3 is 5.97 Å². The van der Waals surface area contributed by atoms with Gasteiger partial charge in [-0.25, -0.2) is 0 Å². The molecule has 0 amide bonds. The molecule has 5 nitrogen and oxygen atoms in total. The summed E-state index contributed by atoms with van der Waals surface area (Å²) in [6, 6.07) is 0. The van der Waals surface area contributed by atoms with Crippen molar-refractivity contribution in [3.8, 4) is 0 Å². The van der Waals surface area contributed by atoms with Crippen molar-refractivity contribution >= 4 is 18.0 Å². The van der Waals surface area contributed by atoms with Crippen LogP contribution in [0.3, 0.4) is 0 Å². The number of aliphatic hydroxyl groups is 1. The van der Waals surface area contributed by atoms with E-state index in [4.69, 9.17) is 4.74 Å². The molecule has 4 aliphatic carbocycles. The Bertz CT molecular complexity index is 834. The first-order chi connectivity index (χ1) is 15.2. The van der Waals surface area contributed by atoms with Crippen LogP contribution in [0, 0.1) is 51.2 Å². The van der Waals surface area contributed by atoms with Gasteiger partial charge in [0.15, 0.2) is 0 Å². The van der Waals surface area contributed by atoms with Crippen molar-refractivity contribution in [2.24, 2.45) is 51.2 Å². The molecular weight excluding hydrogens is 416 g/mol. The van der Waals surface area contributed by atoms with Gasteiger partial charge in [-0.15, -0.1) is 0 Å². The van der Waals surface area contributed by atoms with Gasteiger partial charge in [0.25, 0.3) is 0 Å². The quantitative estimate of drug-likeness (QED) is 0.475. The Morgan fingerprint density at radius 2 is 1.55 bits per heavy atom. The SMILES string of the molecule is CC(=O)O[C@@H]1CC2[C@]3(C)CCC4C(C)(C)CCC[C@]4(C)C3C[C@H](O)[C@]2(C)C(C=O)[C@@H]1C(C)=O. The normalized spacial score (nSPS) is 50.8. The zero-order valence-corrected chi connectivity index (χ0v) is 21.6. The molecule has 5 heteroatoms. The third kappa shape index (κ3) is 3.38. The molecule has 0 aromatic carbocycles. The second-order valence-corrected chi connectivity index (χ2v) is 13.3. The number of carbonyl (C=O) groups is 3. The lowest BCUT2D eigenvalue weighted by Crippen LogP contribution is -2.69. The lowest BCUT2D eigenvalue weighted by molar-refractivity contribution is -0.258. The minimum Gasteiger partial charge on any atom is -0.462 e. The lowest BCUT2D eigenvalue weighted by atomic mass is 9.34. The predicted octanol–water partition coefficient (Wildman–Crippen LogP) is 4.98. The van der Waals surface area contributed by atoms with Gasteiger partial charge in [-0.1, -0.05) is 41.0 Å². The van der Waals surface area contributed by atoms with Gasteiger partial charge in [-0.2, -0.15) is 0 Å². The van der Waals surface area contributed by atoms with Gasteiger partial charge in [-0.3, -0.25) is 9.59 Å². The molecular formula is C28H44O5. The summed E-state index contributed by atoms with van der Waals surface area (Å²) in [5, 5.41) is 11.7. The molecule has 4 aliphatic rings. The third-order valence-electron chi connectivity index (χ3n) is 11.5. The van der Waals surface area contributed by atoms with Gasteiger partial charge in [0.05, 0.1) is 12.0 Å². The van der Waals surface area contributed by atoms with Crippen molar-refractivity contribution in [3.63, 3.8) is 0 Å². The number of esters is 1. The molecule has 0 saturated heterocycles. The van der Waals surface area contributed by atoms with Crippen LogP contribution < -0.4 is 0 Å². The van der Waals surface area contributed by atoms with E-state index in [1.54, 1.807) is 0 Å². The first kappa shape index (κ1) is 24.9. The fourth-order valence-electron chi connectivity index (χ4n) is 10.1. The van der Waals surface area contributed by atoms with Gasteiger partial charge < -0.3 is 14.6 Å². The number of aliphatic hydroxyl groups excluding tert-OH is 1. The first-order valence-corrected chi connectivity index (χ1v) is 13.0. The molecule has 4 saturated carbocycles. The number of aldehydes is 1. The molecule has 4 fully saturated rings. The Kier molecular flexibility index (Phi) is 5.95. The Hall–Kier alpha value is -1.23. The molecule has 0 heterocycles.